The number of hydrogen-bond donors (Lipinski definition) is 6. The molecule has 0 amide bonds. The third-order valence-electron chi connectivity index (χ3n) is 22.6. The molecule has 626 valence electrons. The summed E-state index contributed by atoms with van der Waals surface area (Å²) in [5.41, 5.74) is 3.15. The van der Waals surface area contributed by atoms with Crippen molar-refractivity contribution in [1.82, 2.24) is 0 Å². The van der Waals surface area contributed by atoms with Gasteiger partial charge in [0, 0.05) is 22.3 Å². The number of hydrogen-bond acceptors (Lipinski definition) is 18. The van der Waals surface area contributed by atoms with Crippen molar-refractivity contribution in [2.75, 3.05) is 39.6 Å². The van der Waals surface area contributed by atoms with Crippen molar-refractivity contribution < 1.29 is 87.8 Å². The van der Waals surface area contributed by atoms with Crippen molar-refractivity contribution in [3.63, 3.8) is 0 Å². The van der Waals surface area contributed by atoms with Crippen LogP contribution in [0.1, 0.15) is 258 Å². The molecule has 0 aliphatic carbocycles. The number of ether oxygens (including phenoxy) is 6. The van der Waals surface area contributed by atoms with E-state index in [-0.39, 0.29) is 107 Å². The summed E-state index contributed by atoms with van der Waals surface area (Å²) in [6.07, 6.45) is 20.2. The van der Waals surface area contributed by atoms with Gasteiger partial charge in [-0.3, -0.25) is 0 Å². The summed E-state index contributed by atoms with van der Waals surface area (Å²) in [6, 6.07) is 45.2. The monoisotopic (exact) mass is 1620 g/mol. The Balaban J connectivity index is 1.01. The number of esters is 6. The fraction of sp³-hybridized carbons (Fsp3) is 0.353. The van der Waals surface area contributed by atoms with Gasteiger partial charge in [0.25, 0.3) is 0 Å². The number of phenolic OH excluding ortho intramolecular Hbond substituents is 6. The molecule has 0 aromatic heterocycles. The van der Waals surface area contributed by atoms with Gasteiger partial charge in [0.2, 0.25) is 0 Å². The first-order chi connectivity index (χ1) is 58.3. The molecule has 0 aliphatic rings. The molecule has 12 aromatic carbocycles. The number of carbonyl (C=O) groups is 6. The largest absolute Gasteiger partial charge is 0.507 e. The molecule has 0 heterocycles. The molecule has 0 atom stereocenters. The van der Waals surface area contributed by atoms with Gasteiger partial charge in [0.05, 0.1) is 39.6 Å². The molecule has 0 radical (unpaired) electrons. The molecule has 0 aliphatic heterocycles. The Morgan fingerprint density at radius 2 is 0.400 bits per heavy atom. The normalized spacial score (nSPS) is 11.5. The van der Waals surface area contributed by atoms with Crippen LogP contribution in [-0.4, -0.2) is 106 Å². The maximum atomic E-state index is 14.7. The Hall–Kier alpha value is -12.2. The first kappa shape index (κ1) is 87.1. The van der Waals surface area contributed by atoms with Crippen LogP contribution in [0.3, 0.4) is 0 Å². The van der Waals surface area contributed by atoms with Crippen molar-refractivity contribution in [3.05, 3.63) is 191 Å². The van der Waals surface area contributed by atoms with Crippen LogP contribution < -0.4 is 0 Å². The van der Waals surface area contributed by atoms with E-state index in [1.807, 2.05) is 72.8 Å². The number of fused-ring (bicyclic) bond motifs is 6. The van der Waals surface area contributed by atoms with Crippen LogP contribution >= 0.6 is 0 Å². The highest BCUT2D eigenvalue weighted by Gasteiger charge is 2.32. The molecule has 12 rings (SSSR count). The van der Waals surface area contributed by atoms with Gasteiger partial charge in [-0.15, -0.1) is 0 Å². The number of carbonyl (C=O) groups excluding carboxylic acids is 6. The maximum Gasteiger partial charge on any atom is 0.341 e. The molecule has 12 aromatic rings. The molecule has 18 heteroatoms. The van der Waals surface area contributed by atoms with Gasteiger partial charge in [-0.2, -0.15) is 0 Å². The average Bonchev–Trinajstić information content (AvgIpc) is 0.732. The molecule has 0 saturated heterocycles. The van der Waals surface area contributed by atoms with Crippen molar-refractivity contribution in [3.8, 4) is 90.1 Å². The summed E-state index contributed by atoms with van der Waals surface area (Å²) in [6.45, 7) is 13.2. The minimum absolute atomic E-state index is 0.0117. The number of aromatic hydroxyl groups is 6. The maximum absolute atomic E-state index is 14.7. The Bertz CT molecular complexity index is 5420. The fourth-order valence-corrected chi connectivity index (χ4v) is 15.8. The first-order valence-electron chi connectivity index (χ1n) is 43.1. The Kier molecular flexibility index (Phi) is 30.1. The van der Waals surface area contributed by atoms with Crippen LogP contribution in [0.15, 0.2) is 158 Å². The lowest BCUT2D eigenvalue weighted by Crippen LogP contribution is -2.09. The smallest absolute Gasteiger partial charge is 0.341 e. The van der Waals surface area contributed by atoms with Gasteiger partial charge in [0.1, 0.15) is 67.9 Å². The minimum Gasteiger partial charge on any atom is -0.507 e. The molecule has 18 nitrogen and oxygen atoms in total. The summed E-state index contributed by atoms with van der Waals surface area (Å²) in [4.78, 5) is 85.5. The Morgan fingerprint density at radius 1 is 0.208 bits per heavy atom. The number of rotatable bonds is 41. The van der Waals surface area contributed by atoms with Gasteiger partial charge >= 0.3 is 35.8 Å². The molecular formula is C102H110O18. The highest BCUT2D eigenvalue weighted by atomic mass is 16.6. The summed E-state index contributed by atoms with van der Waals surface area (Å²) in [5, 5.41) is 79.7. The predicted molar refractivity (Wildman–Crippen MR) is 475 cm³/mol. The molecule has 0 unspecified atom stereocenters. The number of benzene rings is 12. The molecular weight excluding hydrogens is 1510 g/mol. The Morgan fingerprint density at radius 3 is 0.617 bits per heavy atom. The second-order valence-corrected chi connectivity index (χ2v) is 31.4. The van der Waals surface area contributed by atoms with Crippen molar-refractivity contribution in [2.45, 2.75) is 196 Å². The second kappa shape index (κ2) is 41.5. The van der Waals surface area contributed by atoms with E-state index in [1.54, 1.807) is 60.7 Å². The van der Waals surface area contributed by atoms with Crippen LogP contribution in [0.5, 0.6) is 34.5 Å². The number of phenols is 6. The second-order valence-electron chi connectivity index (χ2n) is 31.4. The minimum atomic E-state index is -0.837. The standard InChI is InChI=1S/C102H110O18/c1-7-13-19-25-43-115-97(109)81-55-71-49-63(31-33-69(71)61-87(81)103)65-35-39-77-73(51-65)57-83(99(111)117-45-27-21-15-9-3)93(105)89(77)91-79-41-37-67(53-75(79)59-85(95(91)107)101(113)119-47-29-23-17-11-5)68-38-42-80-76(54-68)60-86(102(114)120-48-30-24-18-12-6)96(108)92(80)90-78-40-36-66(52-74(78)58-84(94(90)106)100(112)118-46-28-22-16-10-4)64-32-34-70-62-88(104)82(56-72(70)50-64)98(110)116-44-26-20-14-8-2/h31-42,49-62,103-108H,7-30,43-48H2,1-6H3. The molecule has 120 heavy (non-hydrogen) atoms. The van der Waals surface area contributed by atoms with Crippen LogP contribution in [-0.2, 0) is 28.4 Å². The zero-order valence-corrected chi connectivity index (χ0v) is 69.8. The highest BCUT2D eigenvalue weighted by Crippen LogP contribution is 2.52. The van der Waals surface area contributed by atoms with Crippen molar-refractivity contribution in [1.29, 1.82) is 0 Å². The van der Waals surface area contributed by atoms with E-state index in [0.717, 1.165) is 116 Å². The van der Waals surface area contributed by atoms with E-state index in [9.17, 15) is 59.4 Å². The summed E-state index contributed by atoms with van der Waals surface area (Å²) in [7, 11) is 0. The van der Waals surface area contributed by atoms with Gasteiger partial charge in [-0.25, -0.2) is 28.8 Å². The predicted octanol–water partition coefficient (Wildman–Crippen LogP) is 25.6. The van der Waals surface area contributed by atoms with Crippen LogP contribution in [0, 0.1) is 0 Å². The third kappa shape index (κ3) is 20.2. The lowest BCUT2D eigenvalue weighted by atomic mass is 9.86. The lowest BCUT2D eigenvalue weighted by molar-refractivity contribution is 0.0484. The quantitative estimate of drug-likeness (QED) is 0.0118. The summed E-state index contributed by atoms with van der Waals surface area (Å²) in [5.74, 6) is -7.08. The lowest BCUT2D eigenvalue weighted by Gasteiger charge is -2.20. The zero-order valence-electron chi connectivity index (χ0n) is 69.8. The fourth-order valence-electron chi connectivity index (χ4n) is 15.8. The first-order valence-corrected chi connectivity index (χ1v) is 43.1. The van der Waals surface area contributed by atoms with Gasteiger partial charge in [0.15, 0.2) is 0 Å². The average molecular weight is 1620 g/mol. The van der Waals surface area contributed by atoms with E-state index >= 15 is 0 Å². The van der Waals surface area contributed by atoms with E-state index in [0.29, 0.717) is 137 Å². The molecule has 0 saturated carbocycles. The number of unbranched alkanes of at least 4 members (excludes halogenated alkanes) is 18. The zero-order chi connectivity index (χ0) is 84.9. The van der Waals surface area contributed by atoms with E-state index in [2.05, 4.69) is 41.5 Å². The van der Waals surface area contributed by atoms with Crippen LogP contribution in [0.2, 0.25) is 0 Å². The van der Waals surface area contributed by atoms with Gasteiger partial charge < -0.3 is 59.1 Å². The van der Waals surface area contributed by atoms with E-state index < -0.39 is 58.8 Å². The van der Waals surface area contributed by atoms with Gasteiger partial charge in [-0.05, 0) is 221 Å². The van der Waals surface area contributed by atoms with Crippen LogP contribution in [0.4, 0.5) is 0 Å². The summed E-state index contributed by atoms with van der Waals surface area (Å²) < 4.78 is 34.9. The van der Waals surface area contributed by atoms with E-state index in [1.165, 1.54) is 24.3 Å². The van der Waals surface area contributed by atoms with Crippen molar-refractivity contribution in [2.24, 2.45) is 0 Å². The van der Waals surface area contributed by atoms with Crippen LogP contribution in [0.25, 0.3) is 120 Å². The molecule has 0 fully saturated rings. The molecule has 0 bridgehead atoms. The molecule has 0 spiro atoms. The summed E-state index contributed by atoms with van der Waals surface area (Å²) >= 11 is 0. The topological polar surface area (TPSA) is 279 Å². The Labute approximate surface area is 701 Å². The van der Waals surface area contributed by atoms with Crippen molar-refractivity contribution >= 4 is 100 Å². The SMILES string of the molecule is CCCCCCOC(=O)c1cc2cc(-c3ccc4c(-c5c(O)c(C(=O)OCCCCCC)cc6cc(-c7ccc8c(-c9c(O)c(C(=O)OCCCCCC)cc%10cc(-c%11ccc%12cc(O)c(C(=O)OCCCCCC)cc%12c%11)ccc9%10)c(O)c(C(=O)OCCCCCC)cc8c7)ccc56)c(O)c(C(=O)OCCCCCC)cc4c3)ccc2cc1O. The highest BCUT2D eigenvalue weighted by molar-refractivity contribution is 6.19. The van der Waals surface area contributed by atoms with E-state index in [4.69, 9.17) is 28.4 Å². The third-order valence-corrected chi connectivity index (χ3v) is 22.6. The van der Waals surface area contributed by atoms with Gasteiger partial charge in [-0.1, -0.05) is 230 Å². The molecule has 6 N–H and O–H groups in total.